The number of carbonyl (C=O) groups is 1. The van der Waals surface area contributed by atoms with Gasteiger partial charge in [0, 0.05) is 50.9 Å². The summed E-state index contributed by atoms with van der Waals surface area (Å²) in [5.41, 5.74) is 4.23. The second kappa shape index (κ2) is 11.9. The van der Waals surface area contributed by atoms with Crippen molar-refractivity contribution in [3.05, 3.63) is 83.3 Å². The normalized spacial score (nSPS) is 14.6. The van der Waals surface area contributed by atoms with Crippen LogP contribution in [0.1, 0.15) is 16.7 Å². The van der Waals surface area contributed by atoms with Gasteiger partial charge >= 0.3 is 0 Å². The zero-order valence-electron chi connectivity index (χ0n) is 20.5. The van der Waals surface area contributed by atoms with Crippen molar-refractivity contribution in [2.45, 2.75) is 19.9 Å². The van der Waals surface area contributed by atoms with E-state index in [4.69, 9.17) is 4.74 Å². The van der Waals surface area contributed by atoms with E-state index in [1.54, 1.807) is 12.1 Å². The van der Waals surface area contributed by atoms with Crippen molar-refractivity contribution in [1.29, 1.82) is 0 Å². The Balaban J connectivity index is 1.26. The molecule has 1 aromatic heterocycles. The molecule has 1 amide bonds. The number of rotatable bonds is 9. The molecular formula is C28H33FN4O2. The summed E-state index contributed by atoms with van der Waals surface area (Å²) in [6.07, 6.45) is 0.271. The second-order valence-corrected chi connectivity index (χ2v) is 9.12. The van der Waals surface area contributed by atoms with Crippen LogP contribution in [0.4, 0.5) is 4.39 Å². The van der Waals surface area contributed by atoms with E-state index >= 15 is 0 Å². The van der Waals surface area contributed by atoms with Crippen LogP contribution in [0, 0.1) is 12.9 Å². The van der Waals surface area contributed by atoms with Gasteiger partial charge in [-0.3, -0.25) is 9.69 Å². The first-order chi connectivity index (χ1) is 17.0. The molecule has 4 rings (SSSR count). The topological polar surface area (TPSA) is 57.7 Å². The number of aryl methyl sites for hydroxylation is 1. The monoisotopic (exact) mass is 476 g/mol. The van der Waals surface area contributed by atoms with Crippen molar-refractivity contribution >= 4 is 5.91 Å². The van der Waals surface area contributed by atoms with Crippen molar-refractivity contribution in [3.8, 4) is 17.0 Å². The minimum Gasteiger partial charge on any atom is -0.476 e. The van der Waals surface area contributed by atoms with Gasteiger partial charge in [0.1, 0.15) is 6.61 Å². The lowest BCUT2D eigenvalue weighted by Crippen LogP contribution is -2.45. The number of amides is 1. The SMILES string of the molecule is Cc1cccc(CNC(=O)Cc2ccc(-c3ccc(OCCN4CCN(C)CC4)nc3F)cc2)c1. The molecule has 0 spiro atoms. The summed E-state index contributed by atoms with van der Waals surface area (Å²) in [5, 5.41) is 2.95. The fourth-order valence-electron chi connectivity index (χ4n) is 4.14. The number of aromatic nitrogens is 1. The molecule has 2 aromatic carbocycles. The third-order valence-corrected chi connectivity index (χ3v) is 6.28. The summed E-state index contributed by atoms with van der Waals surface area (Å²) in [6.45, 7) is 7.96. The minimum absolute atomic E-state index is 0.0508. The van der Waals surface area contributed by atoms with E-state index in [1.165, 1.54) is 5.56 Å². The molecular weight excluding hydrogens is 443 g/mol. The Kier molecular flexibility index (Phi) is 8.45. The fourth-order valence-corrected chi connectivity index (χ4v) is 4.14. The van der Waals surface area contributed by atoms with Crippen LogP contribution in [0.2, 0.25) is 0 Å². The van der Waals surface area contributed by atoms with Gasteiger partial charge < -0.3 is 15.0 Å². The highest BCUT2D eigenvalue weighted by atomic mass is 19.1. The fraction of sp³-hybridized carbons (Fsp3) is 0.357. The van der Waals surface area contributed by atoms with E-state index in [0.717, 1.165) is 43.9 Å². The largest absolute Gasteiger partial charge is 0.476 e. The van der Waals surface area contributed by atoms with Crippen molar-refractivity contribution < 1.29 is 13.9 Å². The number of piperazine rings is 1. The van der Waals surface area contributed by atoms with Gasteiger partial charge in [-0.2, -0.15) is 9.37 Å². The molecule has 0 radical (unpaired) electrons. The predicted molar refractivity (Wildman–Crippen MR) is 136 cm³/mol. The van der Waals surface area contributed by atoms with Gasteiger partial charge in [0.15, 0.2) is 0 Å². The van der Waals surface area contributed by atoms with Crippen LogP contribution in [0.5, 0.6) is 5.88 Å². The molecule has 0 unspecified atom stereocenters. The summed E-state index contributed by atoms with van der Waals surface area (Å²) < 4.78 is 20.4. The van der Waals surface area contributed by atoms with E-state index in [9.17, 15) is 9.18 Å². The maximum Gasteiger partial charge on any atom is 0.224 e. The van der Waals surface area contributed by atoms with E-state index in [1.807, 2.05) is 49.4 Å². The van der Waals surface area contributed by atoms with Crippen LogP contribution in [-0.2, 0) is 17.8 Å². The van der Waals surface area contributed by atoms with Gasteiger partial charge in [-0.25, -0.2) is 0 Å². The Hall–Kier alpha value is -3.29. The number of nitrogens with zero attached hydrogens (tertiary/aromatic N) is 3. The van der Waals surface area contributed by atoms with Gasteiger partial charge in [-0.15, -0.1) is 0 Å². The molecule has 1 aliphatic heterocycles. The molecule has 0 atom stereocenters. The van der Waals surface area contributed by atoms with Crippen LogP contribution in [-0.4, -0.2) is 67.1 Å². The maximum atomic E-state index is 14.7. The Bertz CT molecular complexity index is 1130. The molecule has 7 heteroatoms. The molecule has 0 aliphatic carbocycles. The molecule has 3 aromatic rings. The van der Waals surface area contributed by atoms with Crippen molar-refractivity contribution in [1.82, 2.24) is 20.1 Å². The summed E-state index contributed by atoms with van der Waals surface area (Å²) in [7, 11) is 2.13. The third-order valence-electron chi connectivity index (χ3n) is 6.28. The highest BCUT2D eigenvalue weighted by molar-refractivity contribution is 5.78. The molecule has 6 nitrogen and oxygen atoms in total. The molecule has 0 saturated carbocycles. The van der Waals surface area contributed by atoms with Gasteiger partial charge in [0.05, 0.1) is 6.42 Å². The maximum absolute atomic E-state index is 14.7. The lowest BCUT2D eigenvalue weighted by molar-refractivity contribution is -0.120. The first-order valence-electron chi connectivity index (χ1n) is 12.1. The van der Waals surface area contributed by atoms with E-state index in [-0.39, 0.29) is 12.3 Å². The Morgan fingerprint density at radius 3 is 2.51 bits per heavy atom. The molecule has 2 heterocycles. The van der Waals surface area contributed by atoms with Crippen LogP contribution in [0.3, 0.4) is 0 Å². The number of hydrogen-bond donors (Lipinski definition) is 1. The number of hydrogen-bond acceptors (Lipinski definition) is 5. The molecule has 1 aliphatic rings. The zero-order valence-corrected chi connectivity index (χ0v) is 20.5. The van der Waals surface area contributed by atoms with Gasteiger partial charge in [-0.05, 0) is 36.7 Å². The Morgan fingerprint density at radius 2 is 1.80 bits per heavy atom. The zero-order chi connectivity index (χ0) is 24.6. The highest BCUT2D eigenvalue weighted by Gasteiger charge is 2.14. The number of benzene rings is 2. The number of ether oxygens (including phenoxy) is 1. The van der Waals surface area contributed by atoms with Gasteiger partial charge in [-0.1, -0.05) is 54.1 Å². The van der Waals surface area contributed by atoms with E-state index < -0.39 is 5.95 Å². The van der Waals surface area contributed by atoms with Gasteiger partial charge in [0.2, 0.25) is 17.7 Å². The van der Waals surface area contributed by atoms with E-state index in [2.05, 4.69) is 33.2 Å². The average molecular weight is 477 g/mol. The molecule has 184 valence electrons. The number of halogens is 1. The molecule has 35 heavy (non-hydrogen) atoms. The number of pyridine rings is 1. The Morgan fingerprint density at radius 1 is 1.03 bits per heavy atom. The summed E-state index contributed by atoms with van der Waals surface area (Å²) in [6, 6.07) is 18.8. The van der Waals surface area contributed by atoms with Crippen LogP contribution >= 0.6 is 0 Å². The van der Waals surface area contributed by atoms with Crippen LogP contribution < -0.4 is 10.1 Å². The first-order valence-corrected chi connectivity index (χ1v) is 12.1. The van der Waals surface area contributed by atoms with Crippen LogP contribution in [0.15, 0.2) is 60.7 Å². The van der Waals surface area contributed by atoms with E-state index in [0.29, 0.717) is 30.2 Å². The smallest absolute Gasteiger partial charge is 0.224 e. The Labute approximate surface area is 206 Å². The lowest BCUT2D eigenvalue weighted by atomic mass is 10.0. The van der Waals surface area contributed by atoms with Crippen molar-refractivity contribution in [2.24, 2.45) is 0 Å². The predicted octanol–water partition coefficient (Wildman–Crippen LogP) is 3.68. The number of nitrogens with one attached hydrogen (secondary N) is 1. The van der Waals surface area contributed by atoms with Crippen molar-refractivity contribution in [2.75, 3.05) is 46.4 Å². The molecule has 1 fully saturated rings. The molecule has 1 saturated heterocycles. The quantitative estimate of drug-likeness (QED) is 0.478. The molecule has 1 N–H and O–H groups in total. The first kappa shape index (κ1) is 24.8. The summed E-state index contributed by atoms with van der Waals surface area (Å²) in [4.78, 5) is 21.0. The second-order valence-electron chi connectivity index (χ2n) is 9.12. The third kappa shape index (κ3) is 7.34. The van der Waals surface area contributed by atoms with Crippen LogP contribution in [0.25, 0.3) is 11.1 Å². The molecule has 0 bridgehead atoms. The average Bonchev–Trinajstić information content (AvgIpc) is 2.85. The minimum atomic E-state index is -0.564. The highest BCUT2D eigenvalue weighted by Crippen LogP contribution is 2.24. The lowest BCUT2D eigenvalue weighted by Gasteiger charge is -2.32. The van der Waals surface area contributed by atoms with Crippen molar-refractivity contribution in [3.63, 3.8) is 0 Å². The van der Waals surface area contributed by atoms with Gasteiger partial charge in [0.25, 0.3) is 0 Å². The number of carbonyl (C=O) groups excluding carboxylic acids is 1. The standard InChI is InChI=1S/C28H33FN4O2/c1-21-4-3-5-23(18-21)20-30-26(34)19-22-6-8-24(9-7-22)25-10-11-27(31-28(25)29)35-17-16-33-14-12-32(2)13-15-33/h3-11,18H,12-17,19-20H2,1-2H3,(H,30,34). The number of likely N-dealkylation sites (N-methyl/N-ethyl adjacent to an activating group) is 1. The summed E-state index contributed by atoms with van der Waals surface area (Å²) >= 11 is 0. The summed E-state index contributed by atoms with van der Waals surface area (Å²) in [5.74, 6) is -0.321.